The number of nitrogens with two attached hydrogens (primary N) is 1. The van der Waals surface area contributed by atoms with Gasteiger partial charge in [0.05, 0.1) is 5.69 Å². The molecule has 0 saturated carbocycles. The van der Waals surface area contributed by atoms with Gasteiger partial charge < -0.3 is 11.1 Å². The summed E-state index contributed by atoms with van der Waals surface area (Å²) in [6, 6.07) is 2.71. The van der Waals surface area contributed by atoms with Gasteiger partial charge in [-0.25, -0.2) is 4.39 Å². The monoisotopic (exact) mass is 214 g/mol. The van der Waals surface area contributed by atoms with E-state index in [4.69, 9.17) is 17.3 Å². The zero-order valence-corrected chi connectivity index (χ0v) is 7.94. The van der Waals surface area contributed by atoms with E-state index in [1.165, 1.54) is 12.1 Å². The fourth-order valence-electron chi connectivity index (χ4n) is 1.41. The molecule has 5 heteroatoms. The Balaban J connectivity index is 2.47. The normalized spacial score (nSPS) is 20.1. The summed E-state index contributed by atoms with van der Waals surface area (Å²) >= 11 is 5.72. The molecule has 0 radical (unpaired) electrons. The van der Waals surface area contributed by atoms with Crippen molar-refractivity contribution < 1.29 is 9.18 Å². The number of hydrogen-bond donors (Lipinski definition) is 2. The SMILES string of the molecule is Nc1cc2c(cc1F)CC(Cl)C(=O)N2. The molecule has 74 valence electrons. The van der Waals surface area contributed by atoms with Crippen molar-refractivity contribution in [2.75, 3.05) is 11.1 Å². The number of hydrogen-bond acceptors (Lipinski definition) is 2. The van der Waals surface area contributed by atoms with Gasteiger partial charge in [-0.15, -0.1) is 11.6 Å². The molecule has 3 nitrogen and oxygen atoms in total. The number of nitrogens with one attached hydrogen (secondary N) is 1. The average molecular weight is 215 g/mol. The molecule has 1 aromatic rings. The molecule has 0 bridgehead atoms. The quantitative estimate of drug-likeness (QED) is 0.508. The number of carbonyl (C=O) groups excluding carboxylic acids is 1. The molecule has 1 unspecified atom stereocenters. The molecule has 0 saturated heterocycles. The molecule has 0 aromatic heterocycles. The van der Waals surface area contributed by atoms with E-state index in [-0.39, 0.29) is 11.6 Å². The molecule has 1 aliphatic rings. The first-order valence-corrected chi connectivity index (χ1v) is 4.54. The second-order valence-corrected chi connectivity index (χ2v) is 3.72. The lowest BCUT2D eigenvalue weighted by molar-refractivity contribution is -0.116. The molecule has 1 amide bonds. The molecule has 3 N–H and O–H groups in total. The first-order chi connectivity index (χ1) is 6.58. The van der Waals surface area contributed by atoms with E-state index < -0.39 is 11.2 Å². The minimum Gasteiger partial charge on any atom is -0.396 e. The van der Waals surface area contributed by atoms with Gasteiger partial charge in [0.1, 0.15) is 11.2 Å². The Bertz CT molecular complexity index is 408. The molecule has 0 spiro atoms. The van der Waals surface area contributed by atoms with E-state index in [1.807, 2.05) is 0 Å². The first-order valence-electron chi connectivity index (χ1n) is 4.11. The van der Waals surface area contributed by atoms with Crippen LogP contribution in [0.4, 0.5) is 15.8 Å². The molecule has 1 atom stereocenters. The van der Waals surface area contributed by atoms with Gasteiger partial charge in [-0.05, 0) is 24.1 Å². The number of amides is 1. The highest BCUT2D eigenvalue weighted by molar-refractivity contribution is 6.33. The summed E-state index contributed by atoms with van der Waals surface area (Å²) in [5.41, 5.74) is 6.61. The van der Waals surface area contributed by atoms with E-state index in [0.717, 1.165) is 0 Å². The Labute approximate surface area is 85.0 Å². The van der Waals surface area contributed by atoms with Gasteiger partial charge in [-0.1, -0.05) is 0 Å². The van der Waals surface area contributed by atoms with Crippen LogP contribution < -0.4 is 11.1 Å². The third kappa shape index (κ3) is 1.42. The molecule has 2 rings (SSSR count). The van der Waals surface area contributed by atoms with Gasteiger partial charge in [0.15, 0.2) is 0 Å². The number of alkyl halides is 1. The number of anilines is 2. The first kappa shape index (κ1) is 9.27. The highest BCUT2D eigenvalue weighted by Gasteiger charge is 2.24. The van der Waals surface area contributed by atoms with Gasteiger partial charge >= 0.3 is 0 Å². The predicted molar refractivity (Wildman–Crippen MR) is 52.8 cm³/mol. The van der Waals surface area contributed by atoms with Crippen LogP contribution in [0.3, 0.4) is 0 Å². The topological polar surface area (TPSA) is 55.1 Å². The van der Waals surface area contributed by atoms with Crippen molar-refractivity contribution in [1.29, 1.82) is 0 Å². The van der Waals surface area contributed by atoms with Gasteiger partial charge in [-0.3, -0.25) is 4.79 Å². The third-order valence-electron chi connectivity index (χ3n) is 2.16. The van der Waals surface area contributed by atoms with Crippen LogP contribution in [0, 0.1) is 5.82 Å². The van der Waals surface area contributed by atoms with Crippen molar-refractivity contribution in [1.82, 2.24) is 0 Å². The van der Waals surface area contributed by atoms with Crippen LogP contribution >= 0.6 is 11.6 Å². The summed E-state index contributed by atoms with van der Waals surface area (Å²) in [7, 11) is 0. The summed E-state index contributed by atoms with van der Waals surface area (Å²) in [6.45, 7) is 0. The van der Waals surface area contributed by atoms with Crippen LogP contribution in [0.1, 0.15) is 5.56 Å². The Kier molecular flexibility index (Phi) is 2.07. The van der Waals surface area contributed by atoms with E-state index in [0.29, 0.717) is 17.7 Å². The van der Waals surface area contributed by atoms with E-state index in [2.05, 4.69) is 5.32 Å². The Morgan fingerprint density at radius 2 is 2.29 bits per heavy atom. The smallest absolute Gasteiger partial charge is 0.242 e. The summed E-state index contributed by atoms with van der Waals surface area (Å²) in [5, 5.41) is 1.93. The number of fused-ring (bicyclic) bond motifs is 1. The van der Waals surface area contributed by atoms with Gasteiger partial charge in [0.2, 0.25) is 5.91 Å². The predicted octanol–water partition coefficient (Wildman–Crippen LogP) is 1.51. The number of halogens is 2. The third-order valence-corrected chi connectivity index (χ3v) is 2.52. The molecule has 0 aliphatic carbocycles. The Hall–Kier alpha value is -1.29. The minimum atomic E-state index is -0.634. The van der Waals surface area contributed by atoms with Crippen molar-refractivity contribution in [3.8, 4) is 0 Å². The highest BCUT2D eigenvalue weighted by atomic mass is 35.5. The second kappa shape index (κ2) is 3.13. The second-order valence-electron chi connectivity index (χ2n) is 3.19. The standard InChI is InChI=1S/C9H8ClFN2O/c10-5-1-4-2-6(11)7(12)3-8(4)13-9(5)14/h2-3,5H,1,12H2,(H,13,14). The van der Waals surface area contributed by atoms with Crippen molar-refractivity contribution in [3.05, 3.63) is 23.5 Å². The van der Waals surface area contributed by atoms with Crippen molar-refractivity contribution in [3.63, 3.8) is 0 Å². The fourth-order valence-corrected chi connectivity index (χ4v) is 1.63. The van der Waals surface area contributed by atoms with Crippen LogP contribution in [0.2, 0.25) is 0 Å². The molecule has 1 heterocycles. The van der Waals surface area contributed by atoms with Gasteiger partial charge in [0.25, 0.3) is 0 Å². The van der Waals surface area contributed by atoms with Crippen LogP contribution in [0.15, 0.2) is 12.1 Å². The maximum atomic E-state index is 13.1. The van der Waals surface area contributed by atoms with Gasteiger partial charge in [0, 0.05) is 5.69 Å². The number of carbonyl (C=O) groups is 1. The lowest BCUT2D eigenvalue weighted by atomic mass is 10.0. The number of rotatable bonds is 0. The molecular weight excluding hydrogens is 207 g/mol. The lowest BCUT2D eigenvalue weighted by Gasteiger charge is -2.20. The molecular formula is C9H8ClFN2O. The summed E-state index contributed by atoms with van der Waals surface area (Å²) < 4.78 is 13.1. The molecule has 1 aromatic carbocycles. The highest BCUT2D eigenvalue weighted by Crippen LogP contribution is 2.28. The lowest BCUT2D eigenvalue weighted by Crippen LogP contribution is -2.30. The van der Waals surface area contributed by atoms with Crippen molar-refractivity contribution >= 4 is 28.9 Å². The zero-order chi connectivity index (χ0) is 10.3. The van der Waals surface area contributed by atoms with Crippen molar-refractivity contribution in [2.45, 2.75) is 11.8 Å². The minimum absolute atomic E-state index is 0.0251. The Morgan fingerprint density at radius 1 is 1.57 bits per heavy atom. The molecule has 1 aliphatic heterocycles. The van der Waals surface area contributed by atoms with Crippen LogP contribution in [0.25, 0.3) is 0 Å². The average Bonchev–Trinajstić information content (AvgIpc) is 2.11. The maximum absolute atomic E-state index is 13.1. The number of nitrogen functional groups attached to an aromatic ring is 1. The number of benzene rings is 1. The maximum Gasteiger partial charge on any atom is 0.242 e. The van der Waals surface area contributed by atoms with Crippen LogP contribution in [-0.2, 0) is 11.2 Å². The molecule has 14 heavy (non-hydrogen) atoms. The summed E-state index contributed by atoms with van der Waals surface area (Å²) in [6.07, 6.45) is 0.333. The molecule has 0 fully saturated rings. The summed E-state index contributed by atoms with van der Waals surface area (Å²) in [4.78, 5) is 11.2. The van der Waals surface area contributed by atoms with Crippen LogP contribution in [0.5, 0.6) is 0 Å². The van der Waals surface area contributed by atoms with Crippen molar-refractivity contribution in [2.24, 2.45) is 0 Å². The Morgan fingerprint density at radius 3 is 3.00 bits per heavy atom. The van der Waals surface area contributed by atoms with E-state index >= 15 is 0 Å². The van der Waals surface area contributed by atoms with Crippen LogP contribution in [-0.4, -0.2) is 11.3 Å². The van der Waals surface area contributed by atoms with E-state index in [1.54, 1.807) is 0 Å². The van der Waals surface area contributed by atoms with E-state index in [9.17, 15) is 9.18 Å². The van der Waals surface area contributed by atoms with Gasteiger partial charge in [-0.2, -0.15) is 0 Å². The zero-order valence-electron chi connectivity index (χ0n) is 7.18. The largest absolute Gasteiger partial charge is 0.396 e. The summed E-state index contributed by atoms with van der Waals surface area (Å²) in [5.74, 6) is -0.756. The fraction of sp³-hybridized carbons (Fsp3) is 0.222.